The first-order valence-electron chi connectivity index (χ1n) is 11.2. The molecule has 1 saturated carbocycles. The van der Waals surface area contributed by atoms with E-state index in [-0.39, 0.29) is 6.03 Å². The molecule has 2 saturated heterocycles. The van der Waals surface area contributed by atoms with Crippen LogP contribution in [0.3, 0.4) is 0 Å². The van der Waals surface area contributed by atoms with Gasteiger partial charge in [-0.15, -0.1) is 0 Å². The van der Waals surface area contributed by atoms with Crippen molar-refractivity contribution < 1.29 is 9.53 Å². The molecule has 5 heteroatoms. The number of piperidine rings is 2. The molecule has 4 rings (SSSR count). The molecule has 2 aliphatic heterocycles. The van der Waals surface area contributed by atoms with E-state index in [1.54, 1.807) is 7.11 Å². The molecular formula is C23H35N3O2. The van der Waals surface area contributed by atoms with Gasteiger partial charge in [-0.3, -0.25) is 4.90 Å². The molecule has 2 amide bonds. The van der Waals surface area contributed by atoms with Crippen LogP contribution in [0.4, 0.5) is 4.79 Å². The number of para-hydroxylation sites is 1. The van der Waals surface area contributed by atoms with Crippen LogP contribution in [0.5, 0.6) is 5.75 Å². The number of hydrogen-bond donors (Lipinski definition) is 2. The van der Waals surface area contributed by atoms with Gasteiger partial charge in [0.1, 0.15) is 5.75 Å². The third-order valence-electron chi connectivity index (χ3n) is 6.95. The van der Waals surface area contributed by atoms with E-state index in [0.717, 1.165) is 38.0 Å². The van der Waals surface area contributed by atoms with Crippen molar-refractivity contribution in [1.82, 2.24) is 15.5 Å². The minimum absolute atomic E-state index is 0.0492. The Morgan fingerprint density at radius 3 is 2.36 bits per heavy atom. The molecule has 0 radical (unpaired) electrons. The van der Waals surface area contributed by atoms with Gasteiger partial charge in [-0.1, -0.05) is 43.9 Å². The largest absolute Gasteiger partial charge is 0.496 e. The van der Waals surface area contributed by atoms with Gasteiger partial charge in [-0.2, -0.15) is 0 Å². The summed E-state index contributed by atoms with van der Waals surface area (Å²) in [4.78, 5) is 15.2. The SMILES string of the molecule is COc1ccccc1CN1[C@@H]2CCC[C@H]1CC(NC(=O)NC1CCCCC1)C2. The van der Waals surface area contributed by atoms with Crippen molar-refractivity contribution in [1.29, 1.82) is 0 Å². The number of nitrogens with one attached hydrogen (secondary N) is 2. The second kappa shape index (κ2) is 9.17. The minimum atomic E-state index is 0.0492. The third-order valence-corrected chi connectivity index (χ3v) is 6.95. The quantitative estimate of drug-likeness (QED) is 0.798. The van der Waals surface area contributed by atoms with Gasteiger partial charge in [0.05, 0.1) is 7.11 Å². The lowest BCUT2D eigenvalue weighted by atomic mass is 9.81. The lowest BCUT2D eigenvalue weighted by Crippen LogP contribution is -2.58. The fourth-order valence-corrected chi connectivity index (χ4v) is 5.54. The molecule has 2 heterocycles. The van der Waals surface area contributed by atoms with Crippen LogP contribution < -0.4 is 15.4 Å². The number of hydrogen-bond acceptors (Lipinski definition) is 3. The molecule has 2 N–H and O–H groups in total. The fourth-order valence-electron chi connectivity index (χ4n) is 5.54. The number of benzene rings is 1. The number of nitrogens with zero attached hydrogens (tertiary/aromatic N) is 1. The molecule has 1 unspecified atom stereocenters. The highest BCUT2D eigenvalue weighted by molar-refractivity contribution is 5.74. The summed E-state index contributed by atoms with van der Waals surface area (Å²) < 4.78 is 5.56. The molecule has 3 fully saturated rings. The highest BCUT2D eigenvalue weighted by Crippen LogP contribution is 2.36. The Bertz CT molecular complexity index is 645. The smallest absolute Gasteiger partial charge is 0.315 e. The molecule has 28 heavy (non-hydrogen) atoms. The Morgan fingerprint density at radius 2 is 1.64 bits per heavy atom. The van der Waals surface area contributed by atoms with E-state index in [1.165, 1.54) is 44.1 Å². The Kier molecular flexibility index (Phi) is 6.40. The van der Waals surface area contributed by atoms with Crippen LogP contribution in [0.2, 0.25) is 0 Å². The summed E-state index contributed by atoms with van der Waals surface area (Å²) in [5, 5.41) is 6.52. The number of methoxy groups -OCH3 is 1. The van der Waals surface area contributed by atoms with Crippen LogP contribution in [0.1, 0.15) is 69.8 Å². The van der Waals surface area contributed by atoms with Crippen LogP contribution in [-0.4, -0.2) is 42.2 Å². The van der Waals surface area contributed by atoms with Crippen molar-refractivity contribution in [3.63, 3.8) is 0 Å². The van der Waals surface area contributed by atoms with E-state index >= 15 is 0 Å². The monoisotopic (exact) mass is 385 g/mol. The van der Waals surface area contributed by atoms with Gasteiger partial charge in [-0.05, 0) is 44.6 Å². The van der Waals surface area contributed by atoms with Crippen molar-refractivity contribution >= 4 is 6.03 Å². The molecular weight excluding hydrogens is 350 g/mol. The zero-order chi connectivity index (χ0) is 19.3. The summed E-state index contributed by atoms with van der Waals surface area (Å²) in [7, 11) is 1.75. The van der Waals surface area contributed by atoms with Crippen LogP contribution >= 0.6 is 0 Å². The van der Waals surface area contributed by atoms with Crippen molar-refractivity contribution in [2.24, 2.45) is 0 Å². The number of fused-ring (bicyclic) bond motifs is 2. The maximum absolute atomic E-state index is 12.5. The van der Waals surface area contributed by atoms with Gasteiger partial charge in [0.2, 0.25) is 0 Å². The molecule has 0 spiro atoms. The first-order valence-corrected chi connectivity index (χ1v) is 11.2. The maximum atomic E-state index is 12.5. The molecule has 1 aliphatic carbocycles. The molecule has 3 aliphatic rings. The zero-order valence-electron chi connectivity index (χ0n) is 17.2. The normalized spacial score (nSPS) is 28.5. The molecule has 0 aromatic heterocycles. The van der Waals surface area contributed by atoms with E-state index in [4.69, 9.17) is 4.74 Å². The molecule has 5 nitrogen and oxygen atoms in total. The number of ether oxygens (including phenoxy) is 1. The molecule has 3 atom stereocenters. The van der Waals surface area contributed by atoms with Crippen molar-refractivity contribution in [3.8, 4) is 5.75 Å². The average molecular weight is 386 g/mol. The number of amides is 2. The Hall–Kier alpha value is -1.75. The summed E-state index contributed by atoms with van der Waals surface area (Å²) in [6.07, 6.45) is 12.0. The second-order valence-electron chi connectivity index (χ2n) is 8.84. The standard InChI is InChI=1S/C23H35N3O2/c1-28-22-13-6-5-8-17(22)16-26-20-11-7-12-21(26)15-19(14-20)25-23(27)24-18-9-3-2-4-10-18/h5-6,8,13,18-21H,2-4,7,9-12,14-16H2,1H3,(H2,24,25,27)/t19?,20-,21+. The van der Waals surface area contributed by atoms with Crippen LogP contribution in [-0.2, 0) is 6.54 Å². The van der Waals surface area contributed by atoms with Crippen LogP contribution in [0, 0.1) is 0 Å². The first-order chi connectivity index (χ1) is 13.7. The van der Waals surface area contributed by atoms with E-state index in [1.807, 2.05) is 6.07 Å². The summed E-state index contributed by atoms with van der Waals surface area (Å²) in [6, 6.07) is 10.2. The lowest BCUT2D eigenvalue weighted by Gasteiger charge is -2.49. The average Bonchev–Trinajstić information content (AvgIpc) is 2.69. The van der Waals surface area contributed by atoms with Gasteiger partial charge in [0, 0.05) is 36.3 Å². The number of carbonyl (C=O) groups excluding carboxylic acids is 1. The second-order valence-corrected chi connectivity index (χ2v) is 8.84. The molecule has 1 aromatic rings. The number of urea groups is 1. The van der Waals surface area contributed by atoms with Gasteiger partial charge in [-0.25, -0.2) is 4.79 Å². The van der Waals surface area contributed by atoms with Gasteiger partial charge in [0.15, 0.2) is 0 Å². The Balaban J connectivity index is 1.34. The molecule has 1 aromatic carbocycles. The predicted molar refractivity (Wildman–Crippen MR) is 112 cm³/mol. The van der Waals surface area contributed by atoms with E-state index in [0.29, 0.717) is 24.2 Å². The highest BCUT2D eigenvalue weighted by Gasteiger charge is 2.39. The lowest BCUT2D eigenvalue weighted by molar-refractivity contribution is 0.0191. The van der Waals surface area contributed by atoms with Crippen molar-refractivity contribution in [2.75, 3.05) is 7.11 Å². The molecule has 154 valence electrons. The maximum Gasteiger partial charge on any atom is 0.315 e. The van der Waals surface area contributed by atoms with Gasteiger partial charge < -0.3 is 15.4 Å². The Morgan fingerprint density at radius 1 is 0.964 bits per heavy atom. The Labute approximate surface area is 169 Å². The van der Waals surface area contributed by atoms with Gasteiger partial charge in [0.25, 0.3) is 0 Å². The van der Waals surface area contributed by atoms with E-state index in [9.17, 15) is 4.79 Å². The zero-order valence-corrected chi connectivity index (χ0v) is 17.2. The van der Waals surface area contributed by atoms with Crippen LogP contribution in [0.15, 0.2) is 24.3 Å². The predicted octanol–water partition coefficient (Wildman–Crippen LogP) is 4.21. The summed E-state index contributed by atoms with van der Waals surface area (Å²) in [6.45, 7) is 0.945. The fraction of sp³-hybridized carbons (Fsp3) is 0.696. The summed E-state index contributed by atoms with van der Waals surface area (Å²) >= 11 is 0. The summed E-state index contributed by atoms with van der Waals surface area (Å²) in [5.41, 5.74) is 1.27. The molecule has 2 bridgehead atoms. The first kappa shape index (κ1) is 19.6. The third kappa shape index (κ3) is 4.62. The van der Waals surface area contributed by atoms with Crippen molar-refractivity contribution in [2.45, 2.75) is 94.9 Å². The topological polar surface area (TPSA) is 53.6 Å². The minimum Gasteiger partial charge on any atom is -0.496 e. The van der Waals surface area contributed by atoms with Crippen LogP contribution in [0.25, 0.3) is 0 Å². The van der Waals surface area contributed by atoms with Gasteiger partial charge >= 0.3 is 6.03 Å². The summed E-state index contributed by atoms with van der Waals surface area (Å²) in [5.74, 6) is 0.979. The van der Waals surface area contributed by atoms with E-state index in [2.05, 4.69) is 33.7 Å². The number of rotatable bonds is 5. The highest BCUT2D eigenvalue weighted by atomic mass is 16.5. The van der Waals surface area contributed by atoms with E-state index < -0.39 is 0 Å². The number of carbonyl (C=O) groups is 1. The van der Waals surface area contributed by atoms with Crippen molar-refractivity contribution in [3.05, 3.63) is 29.8 Å².